The second kappa shape index (κ2) is 6.72. The third kappa shape index (κ3) is 2.91. The number of rotatable bonds is 2. The first-order valence-electron chi connectivity index (χ1n) is 5.63. The van der Waals surface area contributed by atoms with Gasteiger partial charge in [-0.15, -0.1) is 0 Å². The van der Waals surface area contributed by atoms with Gasteiger partial charge in [0.15, 0.2) is 0 Å². The van der Waals surface area contributed by atoms with E-state index in [9.17, 15) is 9.59 Å². The molecule has 0 aliphatic carbocycles. The number of aromatic nitrogens is 1. The van der Waals surface area contributed by atoms with Crippen molar-refractivity contribution in [1.82, 2.24) is 4.57 Å². The molecule has 0 aliphatic rings. The normalized spacial score (nSPS) is 9.95. The van der Waals surface area contributed by atoms with Crippen molar-refractivity contribution in [3.05, 3.63) is 56.3 Å². The van der Waals surface area contributed by atoms with Crippen LogP contribution in [0.15, 0.2) is 39.6 Å². The van der Waals surface area contributed by atoms with Gasteiger partial charge in [-0.05, 0) is 28.4 Å². The molecule has 0 radical (unpaired) electrons. The Morgan fingerprint density at radius 2 is 1.80 bits per heavy atom. The van der Waals surface area contributed by atoms with Crippen molar-refractivity contribution >= 4 is 51.5 Å². The first kappa shape index (κ1) is 17.2. The Balaban J connectivity index is 0.00000200. The summed E-state index contributed by atoms with van der Waals surface area (Å²) in [7, 11) is 1.74. The summed E-state index contributed by atoms with van der Waals surface area (Å²) in [6.45, 7) is 1.63. The van der Waals surface area contributed by atoms with E-state index >= 15 is 0 Å². The van der Waals surface area contributed by atoms with Crippen LogP contribution in [0, 0.1) is 6.92 Å². The Bertz CT molecular complexity index is 711. The van der Waals surface area contributed by atoms with Crippen molar-refractivity contribution in [2.45, 2.75) is 6.92 Å². The summed E-state index contributed by atoms with van der Waals surface area (Å²) >= 11 is 3.22. The van der Waals surface area contributed by atoms with Crippen LogP contribution in [0.4, 0.5) is 0 Å². The van der Waals surface area contributed by atoms with Gasteiger partial charge in [-0.2, -0.15) is 0 Å². The molecule has 0 fully saturated rings. The molecule has 0 saturated carbocycles. The second-order valence-electron chi connectivity index (χ2n) is 4.18. The maximum absolute atomic E-state index is 12.1. The van der Waals surface area contributed by atoms with E-state index in [-0.39, 0.29) is 39.6 Å². The average Bonchev–Trinajstić information content (AvgIpc) is 2.38. The molecule has 1 N–H and O–H groups in total. The van der Waals surface area contributed by atoms with Gasteiger partial charge in [-0.3, -0.25) is 4.79 Å². The number of benzene rings is 1. The molecule has 1 aromatic heterocycles. The van der Waals surface area contributed by atoms with Gasteiger partial charge in [0.2, 0.25) is 5.43 Å². The van der Waals surface area contributed by atoms with E-state index < -0.39 is 11.4 Å². The zero-order valence-corrected chi connectivity index (χ0v) is 12.1. The molecule has 100 valence electrons. The Morgan fingerprint density at radius 3 is 2.30 bits per heavy atom. The van der Waals surface area contributed by atoms with E-state index in [2.05, 4.69) is 15.9 Å². The molecule has 0 saturated heterocycles. The molecular weight excluding hydrogens is 333 g/mol. The van der Waals surface area contributed by atoms with Crippen molar-refractivity contribution < 1.29 is 9.90 Å². The molecule has 2 aromatic rings. The quantitative estimate of drug-likeness (QED) is 0.848. The monoisotopic (exact) mass is 345 g/mol. The molecular formula is C14H13BrNNaO3. The summed E-state index contributed by atoms with van der Waals surface area (Å²) in [5.74, 6) is -1.21. The number of hydrogen-bond acceptors (Lipinski definition) is 2. The fourth-order valence-electron chi connectivity index (χ4n) is 2.03. The summed E-state index contributed by atoms with van der Waals surface area (Å²) in [5, 5.41) is 9.12. The Morgan fingerprint density at radius 1 is 1.25 bits per heavy atom. The number of carboxylic acid groups (broad SMARTS) is 1. The molecule has 0 spiro atoms. The fraction of sp³-hybridized carbons (Fsp3) is 0.143. The van der Waals surface area contributed by atoms with Crippen molar-refractivity contribution in [3.63, 3.8) is 0 Å². The fourth-order valence-corrected chi connectivity index (χ4v) is 2.73. The second-order valence-corrected chi connectivity index (χ2v) is 4.98. The van der Waals surface area contributed by atoms with Gasteiger partial charge in [-0.1, -0.05) is 30.3 Å². The summed E-state index contributed by atoms with van der Waals surface area (Å²) in [6.07, 6.45) is 0. The molecule has 0 bridgehead atoms. The molecule has 1 aromatic carbocycles. The van der Waals surface area contributed by atoms with Crippen molar-refractivity contribution in [1.29, 1.82) is 0 Å². The summed E-state index contributed by atoms with van der Waals surface area (Å²) in [5.41, 5.74) is 1.26. The Labute approximate surface area is 146 Å². The van der Waals surface area contributed by atoms with Gasteiger partial charge >= 0.3 is 35.5 Å². The van der Waals surface area contributed by atoms with E-state index in [0.29, 0.717) is 11.4 Å². The number of halogens is 1. The number of hydrogen-bond donors (Lipinski definition) is 1. The van der Waals surface area contributed by atoms with Crippen LogP contribution in [0.1, 0.15) is 16.1 Å². The van der Waals surface area contributed by atoms with Crippen LogP contribution >= 0.6 is 15.9 Å². The first-order valence-corrected chi connectivity index (χ1v) is 6.42. The average molecular weight is 346 g/mol. The summed E-state index contributed by atoms with van der Waals surface area (Å²) in [4.78, 5) is 23.3. The third-order valence-electron chi connectivity index (χ3n) is 3.10. The predicted octanol–water partition coefficient (Wildman–Crippen LogP) is 2.17. The molecule has 0 amide bonds. The van der Waals surface area contributed by atoms with Gasteiger partial charge in [0, 0.05) is 12.7 Å². The van der Waals surface area contributed by atoms with Crippen molar-refractivity contribution in [3.8, 4) is 11.3 Å². The molecule has 6 heteroatoms. The zero-order valence-electron chi connectivity index (χ0n) is 10.5. The van der Waals surface area contributed by atoms with E-state index in [1.165, 1.54) is 0 Å². The van der Waals surface area contributed by atoms with Crippen LogP contribution in [0.5, 0.6) is 0 Å². The van der Waals surface area contributed by atoms with Gasteiger partial charge < -0.3 is 9.67 Å². The van der Waals surface area contributed by atoms with Crippen molar-refractivity contribution in [2.75, 3.05) is 0 Å². The Kier molecular flexibility index (Phi) is 5.77. The predicted molar refractivity (Wildman–Crippen MR) is 83.7 cm³/mol. The third-order valence-corrected chi connectivity index (χ3v) is 3.83. The van der Waals surface area contributed by atoms with E-state index in [4.69, 9.17) is 5.11 Å². The van der Waals surface area contributed by atoms with E-state index in [1.54, 1.807) is 18.5 Å². The summed E-state index contributed by atoms with van der Waals surface area (Å²) < 4.78 is 1.98. The number of carboxylic acids is 1. The molecule has 0 aliphatic heterocycles. The van der Waals surface area contributed by atoms with E-state index in [1.807, 2.05) is 30.3 Å². The van der Waals surface area contributed by atoms with Gasteiger partial charge in [0.1, 0.15) is 5.56 Å². The molecule has 0 atom stereocenters. The van der Waals surface area contributed by atoms with Crippen molar-refractivity contribution in [2.24, 2.45) is 7.05 Å². The molecule has 2 rings (SSSR count). The van der Waals surface area contributed by atoms with Crippen LogP contribution in [0.3, 0.4) is 0 Å². The molecule has 0 unspecified atom stereocenters. The minimum absolute atomic E-state index is 0. The van der Waals surface area contributed by atoms with Crippen LogP contribution in [0.25, 0.3) is 11.3 Å². The number of carbonyl (C=O) groups is 1. The van der Waals surface area contributed by atoms with Crippen LogP contribution in [0.2, 0.25) is 0 Å². The van der Waals surface area contributed by atoms with Gasteiger partial charge in [-0.25, -0.2) is 4.79 Å². The summed E-state index contributed by atoms with van der Waals surface area (Å²) in [6, 6.07) is 9.37. The topological polar surface area (TPSA) is 59.3 Å². The van der Waals surface area contributed by atoms with E-state index in [0.717, 1.165) is 5.56 Å². The molecule has 4 nitrogen and oxygen atoms in total. The number of aromatic carboxylic acids is 1. The number of pyridine rings is 1. The standard InChI is InChI=1S/C14H12BrNO3.Na.H/c1-8-10(14(18)19)13(17)11(15)12(16(8)2)9-6-4-3-5-7-9;;/h3-7H,1-2H3,(H,18,19);;. The minimum atomic E-state index is -1.21. The molecule has 1 heterocycles. The number of nitrogens with zero attached hydrogens (tertiary/aromatic N) is 1. The SMILES string of the molecule is Cc1c(C(=O)O)c(=O)c(Br)c(-c2ccccc2)n1C.[NaH]. The van der Waals surface area contributed by atoms with Crippen LogP contribution < -0.4 is 5.43 Å². The zero-order chi connectivity index (χ0) is 14.2. The van der Waals surface area contributed by atoms with Gasteiger partial charge in [0.25, 0.3) is 0 Å². The van der Waals surface area contributed by atoms with Crippen LogP contribution in [-0.2, 0) is 7.05 Å². The van der Waals surface area contributed by atoms with Gasteiger partial charge in [0.05, 0.1) is 10.2 Å². The molecule has 20 heavy (non-hydrogen) atoms. The maximum atomic E-state index is 12.1. The Hall–Kier alpha value is -0.880. The van der Waals surface area contributed by atoms with Crippen LogP contribution in [-0.4, -0.2) is 45.2 Å². The first-order chi connectivity index (χ1) is 8.95.